The fourth-order valence-electron chi connectivity index (χ4n) is 1.30. The van der Waals surface area contributed by atoms with Crippen molar-refractivity contribution in [2.45, 2.75) is 12.3 Å². The van der Waals surface area contributed by atoms with Crippen LogP contribution in [0.5, 0.6) is 0 Å². The second kappa shape index (κ2) is 4.54. The largest absolute Gasteiger partial charge is 0.395 e. The molecule has 0 aliphatic carbocycles. The van der Waals surface area contributed by atoms with Crippen LogP contribution in [0.15, 0.2) is 18.2 Å². The molecule has 0 heterocycles. The molecule has 3 N–H and O–H groups in total. The first-order chi connectivity index (χ1) is 7.44. The van der Waals surface area contributed by atoms with E-state index in [-0.39, 0.29) is 13.2 Å². The van der Waals surface area contributed by atoms with Gasteiger partial charge in [-0.1, -0.05) is 13.0 Å². The molecule has 1 rings (SSSR count). The zero-order valence-corrected chi connectivity index (χ0v) is 8.81. The Morgan fingerprint density at radius 2 is 2.25 bits per heavy atom. The molecule has 1 aromatic rings. The monoisotopic (exact) mass is 228 g/mol. The van der Waals surface area contributed by atoms with Crippen molar-refractivity contribution in [1.29, 1.82) is 0 Å². The lowest BCUT2D eigenvalue weighted by atomic mass is 9.83. The molecule has 0 radical (unpaired) electrons. The van der Waals surface area contributed by atoms with Gasteiger partial charge in [-0.3, -0.25) is 10.1 Å². The number of aliphatic hydroxyl groups excluding tert-OH is 1. The maximum absolute atomic E-state index is 13.1. The summed E-state index contributed by atoms with van der Waals surface area (Å²) in [6, 6.07) is 3.51. The molecular formula is C10H13FN2O3. The van der Waals surface area contributed by atoms with E-state index in [0.717, 1.165) is 12.1 Å². The summed E-state index contributed by atoms with van der Waals surface area (Å²) in [6.45, 7) is 1.52. The van der Waals surface area contributed by atoms with Crippen molar-refractivity contribution in [3.05, 3.63) is 39.7 Å². The van der Waals surface area contributed by atoms with E-state index >= 15 is 0 Å². The number of halogens is 1. The summed E-state index contributed by atoms with van der Waals surface area (Å²) in [4.78, 5) is 9.75. The number of aliphatic hydroxyl groups is 1. The lowest BCUT2D eigenvalue weighted by molar-refractivity contribution is -0.387. The number of rotatable bonds is 4. The minimum Gasteiger partial charge on any atom is -0.395 e. The van der Waals surface area contributed by atoms with Crippen molar-refractivity contribution < 1.29 is 14.4 Å². The Morgan fingerprint density at radius 1 is 1.62 bits per heavy atom. The lowest BCUT2D eigenvalue weighted by Crippen LogP contribution is -2.35. The van der Waals surface area contributed by atoms with Crippen molar-refractivity contribution in [3.63, 3.8) is 0 Å². The third-order valence-corrected chi connectivity index (χ3v) is 2.64. The Balaban J connectivity index is 3.27. The lowest BCUT2D eigenvalue weighted by Gasteiger charge is -2.25. The van der Waals surface area contributed by atoms with Crippen LogP contribution in [-0.2, 0) is 5.41 Å². The summed E-state index contributed by atoms with van der Waals surface area (Å²) < 4.78 is 13.1. The van der Waals surface area contributed by atoms with Crippen LogP contribution in [0.25, 0.3) is 0 Å². The maximum Gasteiger partial charge on any atom is 0.305 e. The quantitative estimate of drug-likeness (QED) is 0.593. The molecule has 16 heavy (non-hydrogen) atoms. The van der Waals surface area contributed by atoms with Gasteiger partial charge in [0, 0.05) is 18.0 Å². The summed E-state index contributed by atoms with van der Waals surface area (Å²) in [5.74, 6) is -0.897. The number of hydrogen-bond acceptors (Lipinski definition) is 4. The molecule has 0 amide bonds. The normalized spacial score (nSPS) is 14.5. The van der Waals surface area contributed by atoms with Crippen LogP contribution in [0.2, 0.25) is 0 Å². The van der Waals surface area contributed by atoms with Gasteiger partial charge in [-0.15, -0.1) is 0 Å². The van der Waals surface area contributed by atoms with Crippen molar-refractivity contribution in [3.8, 4) is 0 Å². The molecule has 0 bridgehead atoms. The zero-order valence-electron chi connectivity index (χ0n) is 8.81. The van der Waals surface area contributed by atoms with Crippen LogP contribution in [0.4, 0.5) is 10.1 Å². The number of nitro groups is 1. The molecule has 1 unspecified atom stereocenters. The van der Waals surface area contributed by atoms with Crippen LogP contribution in [-0.4, -0.2) is 23.2 Å². The highest BCUT2D eigenvalue weighted by Crippen LogP contribution is 2.27. The highest BCUT2D eigenvalue weighted by atomic mass is 19.1. The topological polar surface area (TPSA) is 89.4 Å². The first kappa shape index (κ1) is 12.5. The molecular weight excluding hydrogens is 215 g/mol. The Hall–Kier alpha value is -1.53. The number of nitro benzene ring substituents is 1. The van der Waals surface area contributed by atoms with Gasteiger partial charge >= 0.3 is 5.69 Å². The standard InChI is InChI=1S/C10H13FN2O3/c1-10(5-12,6-14)7-2-3-8(11)9(4-7)13(15)16/h2-4,14H,5-6,12H2,1H3. The summed E-state index contributed by atoms with van der Waals surface area (Å²) in [5.41, 5.74) is 4.54. The molecule has 0 aliphatic heterocycles. The molecule has 1 aromatic carbocycles. The van der Waals surface area contributed by atoms with Crippen LogP contribution < -0.4 is 5.73 Å². The van der Waals surface area contributed by atoms with Gasteiger partial charge < -0.3 is 10.8 Å². The fraction of sp³-hybridized carbons (Fsp3) is 0.400. The predicted molar refractivity (Wildman–Crippen MR) is 56.5 cm³/mol. The smallest absolute Gasteiger partial charge is 0.305 e. The van der Waals surface area contributed by atoms with E-state index in [9.17, 15) is 19.6 Å². The Labute approximate surface area is 91.8 Å². The van der Waals surface area contributed by atoms with Gasteiger partial charge in [0.15, 0.2) is 0 Å². The third-order valence-electron chi connectivity index (χ3n) is 2.64. The van der Waals surface area contributed by atoms with Crippen LogP contribution in [0.3, 0.4) is 0 Å². The first-order valence-electron chi connectivity index (χ1n) is 4.70. The van der Waals surface area contributed by atoms with Crippen molar-refractivity contribution in [2.24, 2.45) is 5.73 Å². The molecule has 0 fully saturated rings. The van der Waals surface area contributed by atoms with E-state index in [0.29, 0.717) is 5.56 Å². The van der Waals surface area contributed by atoms with Gasteiger partial charge in [-0.2, -0.15) is 4.39 Å². The van der Waals surface area contributed by atoms with Gasteiger partial charge in [0.2, 0.25) is 5.82 Å². The first-order valence-corrected chi connectivity index (χ1v) is 4.70. The van der Waals surface area contributed by atoms with Crippen LogP contribution in [0, 0.1) is 15.9 Å². The van der Waals surface area contributed by atoms with E-state index in [1.54, 1.807) is 6.92 Å². The van der Waals surface area contributed by atoms with Gasteiger partial charge in [-0.25, -0.2) is 0 Å². The maximum atomic E-state index is 13.1. The minimum absolute atomic E-state index is 0.117. The molecule has 6 heteroatoms. The number of benzene rings is 1. The SMILES string of the molecule is CC(CN)(CO)c1ccc(F)c([N+](=O)[O-])c1. The fourth-order valence-corrected chi connectivity index (χ4v) is 1.30. The molecule has 5 nitrogen and oxygen atoms in total. The van der Waals surface area contributed by atoms with Crippen molar-refractivity contribution >= 4 is 5.69 Å². The second-order valence-corrected chi connectivity index (χ2v) is 3.85. The van der Waals surface area contributed by atoms with Gasteiger partial charge in [0.05, 0.1) is 11.5 Å². The Morgan fingerprint density at radius 3 is 2.69 bits per heavy atom. The Bertz CT molecular complexity index is 405. The molecule has 1 atom stereocenters. The average molecular weight is 228 g/mol. The number of hydrogen-bond donors (Lipinski definition) is 2. The highest BCUT2D eigenvalue weighted by Gasteiger charge is 2.27. The molecule has 0 aliphatic rings. The van der Waals surface area contributed by atoms with E-state index in [2.05, 4.69) is 0 Å². The predicted octanol–water partition coefficient (Wildman–Crippen LogP) is 0.943. The van der Waals surface area contributed by atoms with Crippen molar-refractivity contribution in [2.75, 3.05) is 13.2 Å². The molecule has 0 saturated carbocycles. The van der Waals surface area contributed by atoms with Gasteiger partial charge in [0.25, 0.3) is 0 Å². The molecule has 0 spiro atoms. The summed E-state index contributed by atoms with van der Waals surface area (Å²) >= 11 is 0. The van der Waals surface area contributed by atoms with Crippen LogP contribution in [0.1, 0.15) is 12.5 Å². The zero-order chi connectivity index (χ0) is 12.3. The summed E-state index contributed by atoms with van der Waals surface area (Å²) in [7, 11) is 0. The molecule has 88 valence electrons. The number of nitrogens with two attached hydrogens (primary N) is 1. The van der Waals surface area contributed by atoms with E-state index < -0.39 is 21.8 Å². The van der Waals surface area contributed by atoms with Crippen LogP contribution >= 0.6 is 0 Å². The summed E-state index contributed by atoms with van der Waals surface area (Å²) in [5, 5.41) is 19.7. The van der Waals surface area contributed by atoms with Crippen molar-refractivity contribution in [1.82, 2.24) is 0 Å². The second-order valence-electron chi connectivity index (χ2n) is 3.85. The third kappa shape index (κ3) is 2.17. The number of nitrogens with zero attached hydrogens (tertiary/aromatic N) is 1. The van der Waals surface area contributed by atoms with E-state index in [1.807, 2.05) is 0 Å². The highest BCUT2D eigenvalue weighted by molar-refractivity contribution is 5.39. The van der Waals surface area contributed by atoms with E-state index in [1.165, 1.54) is 6.07 Å². The molecule has 0 aromatic heterocycles. The average Bonchev–Trinajstić information content (AvgIpc) is 2.28. The van der Waals surface area contributed by atoms with Gasteiger partial charge in [-0.05, 0) is 11.6 Å². The summed E-state index contributed by atoms with van der Waals surface area (Å²) in [6.07, 6.45) is 0. The van der Waals surface area contributed by atoms with Gasteiger partial charge in [0.1, 0.15) is 0 Å². The minimum atomic E-state index is -0.897. The Kier molecular flexibility index (Phi) is 3.56. The van der Waals surface area contributed by atoms with E-state index in [4.69, 9.17) is 5.73 Å². The molecule has 0 saturated heterocycles.